The summed E-state index contributed by atoms with van der Waals surface area (Å²) in [6.45, 7) is 8.42. The molecule has 2 aliphatic rings. The van der Waals surface area contributed by atoms with Crippen LogP contribution in [-0.4, -0.2) is 43.7 Å². The fraction of sp³-hybridized carbons (Fsp3) is 0.406. The van der Waals surface area contributed by atoms with E-state index < -0.39 is 41.3 Å². The molecule has 0 radical (unpaired) electrons. The van der Waals surface area contributed by atoms with Crippen molar-refractivity contribution in [3.63, 3.8) is 0 Å². The number of hydrogen-bond acceptors (Lipinski definition) is 10. The summed E-state index contributed by atoms with van der Waals surface area (Å²) in [7, 11) is 3.00. The number of methoxy groups -OCH3 is 2. The molecule has 10 nitrogen and oxygen atoms in total. The lowest BCUT2D eigenvalue weighted by Gasteiger charge is -2.33. The van der Waals surface area contributed by atoms with Crippen molar-refractivity contribution in [2.45, 2.75) is 64.8 Å². The summed E-state index contributed by atoms with van der Waals surface area (Å²) >= 11 is 0. The van der Waals surface area contributed by atoms with Gasteiger partial charge in [0.05, 0.1) is 31.5 Å². The Morgan fingerprint density at radius 2 is 1.69 bits per heavy atom. The van der Waals surface area contributed by atoms with Crippen molar-refractivity contribution in [2.24, 2.45) is 5.92 Å². The van der Waals surface area contributed by atoms with E-state index in [0.29, 0.717) is 28.2 Å². The molecule has 3 aromatic rings. The number of benzene rings is 2. The second kappa shape index (κ2) is 10.9. The lowest BCUT2D eigenvalue weighted by Crippen LogP contribution is -2.39. The molecule has 0 saturated carbocycles. The molecule has 42 heavy (non-hydrogen) atoms. The molecule has 3 atom stereocenters. The molecular formula is C32H34O10. The monoisotopic (exact) mass is 578 g/mol. The molecule has 3 heterocycles. The molecule has 0 amide bonds. The Hall–Kier alpha value is -4.15. The number of hydrogen-bond donors (Lipinski definition) is 0. The Morgan fingerprint density at radius 3 is 2.36 bits per heavy atom. The molecular weight excluding hydrogens is 544 g/mol. The number of ether oxygens (including phenoxy) is 6. The number of carbonyl (C=O) groups excluding carboxylic acids is 2. The van der Waals surface area contributed by atoms with E-state index in [9.17, 15) is 14.4 Å². The van der Waals surface area contributed by atoms with Gasteiger partial charge in [-0.3, -0.25) is 9.59 Å². The zero-order valence-corrected chi connectivity index (χ0v) is 24.6. The van der Waals surface area contributed by atoms with Crippen LogP contribution in [0.3, 0.4) is 0 Å². The molecule has 10 heteroatoms. The molecule has 2 aromatic carbocycles. The molecule has 1 fully saturated rings. The highest BCUT2D eigenvalue weighted by Gasteiger charge is 2.55. The molecule has 2 aliphatic heterocycles. The summed E-state index contributed by atoms with van der Waals surface area (Å²) in [4.78, 5) is 37.5. The van der Waals surface area contributed by atoms with Crippen molar-refractivity contribution < 1.29 is 42.4 Å². The fourth-order valence-electron chi connectivity index (χ4n) is 5.31. The zero-order valence-electron chi connectivity index (χ0n) is 24.6. The maximum Gasteiger partial charge on any atom is 0.350 e. The summed E-state index contributed by atoms with van der Waals surface area (Å²) < 4.78 is 41.7. The van der Waals surface area contributed by atoms with Gasteiger partial charge >= 0.3 is 17.6 Å². The van der Waals surface area contributed by atoms with Crippen molar-refractivity contribution >= 4 is 28.8 Å². The van der Waals surface area contributed by atoms with E-state index in [0.717, 1.165) is 5.39 Å². The van der Waals surface area contributed by atoms with Crippen molar-refractivity contribution in [3.8, 4) is 17.2 Å². The fourth-order valence-corrected chi connectivity index (χ4v) is 5.31. The van der Waals surface area contributed by atoms with Crippen molar-refractivity contribution in [1.29, 1.82) is 0 Å². The van der Waals surface area contributed by atoms with Crippen LogP contribution < -0.4 is 19.8 Å². The van der Waals surface area contributed by atoms with Gasteiger partial charge in [0.15, 0.2) is 11.9 Å². The van der Waals surface area contributed by atoms with E-state index in [4.69, 9.17) is 32.8 Å². The van der Waals surface area contributed by atoms with Crippen molar-refractivity contribution in [3.05, 3.63) is 69.6 Å². The number of carbonyl (C=O) groups is 2. The third-order valence-electron chi connectivity index (χ3n) is 7.44. The topological polar surface area (TPSA) is 120 Å². The Morgan fingerprint density at radius 1 is 1.00 bits per heavy atom. The van der Waals surface area contributed by atoms with Crippen LogP contribution in [0.1, 0.15) is 57.4 Å². The van der Waals surface area contributed by atoms with Gasteiger partial charge in [-0.05, 0) is 50.3 Å². The Bertz CT molecular complexity index is 1630. The zero-order chi connectivity index (χ0) is 30.4. The van der Waals surface area contributed by atoms with E-state index in [-0.39, 0.29) is 23.5 Å². The van der Waals surface area contributed by atoms with E-state index >= 15 is 0 Å². The SMILES string of the molecule is COc1ccc2c(c1C(OC(C)=O)C(=O)C(C)C)O[C@]1(C=C2)O[C@@H](Cc2c(OC)ccc3ccc(=O)oc23)C(C)(C)O1. The smallest absolute Gasteiger partial charge is 0.350 e. The Balaban J connectivity index is 1.56. The highest BCUT2D eigenvalue weighted by Crippen LogP contribution is 2.49. The van der Waals surface area contributed by atoms with Crippen LogP contribution in [0.2, 0.25) is 0 Å². The highest BCUT2D eigenvalue weighted by molar-refractivity contribution is 5.90. The second-order valence-corrected chi connectivity index (χ2v) is 11.1. The van der Waals surface area contributed by atoms with E-state index in [2.05, 4.69) is 0 Å². The number of Topliss-reactive ketones (excluding diaryl/α,β-unsaturated/α-hetero) is 1. The lowest BCUT2D eigenvalue weighted by molar-refractivity contribution is -0.270. The van der Waals surface area contributed by atoms with Gasteiger partial charge in [-0.2, -0.15) is 0 Å². The van der Waals surface area contributed by atoms with Crippen molar-refractivity contribution in [1.82, 2.24) is 0 Å². The number of rotatable bonds is 8. The summed E-state index contributed by atoms with van der Waals surface area (Å²) in [5, 5.41) is 0.739. The Kier molecular flexibility index (Phi) is 7.63. The number of fused-ring (bicyclic) bond motifs is 2. The predicted octanol–water partition coefficient (Wildman–Crippen LogP) is 5.14. The first-order valence-electron chi connectivity index (χ1n) is 13.7. The molecule has 1 aromatic heterocycles. The average Bonchev–Trinajstić information content (AvgIpc) is 3.18. The Labute approximate surface area is 243 Å². The lowest BCUT2D eigenvalue weighted by atomic mass is 9.93. The van der Waals surface area contributed by atoms with Gasteiger partial charge in [-0.25, -0.2) is 4.79 Å². The van der Waals surface area contributed by atoms with Gasteiger partial charge in [-0.15, -0.1) is 0 Å². The molecule has 1 saturated heterocycles. The van der Waals surface area contributed by atoms with E-state index in [1.165, 1.54) is 20.1 Å². The second-order valence-electron chi connectivity index (χ2n) is 11.1. The number of ketones is 1. The van der Waals surface area contributed by atoms with Gasteiger partial charge in [0.2, 0.25) is 0 Å². The summed E-state index contributed by atoms with van der Waals surface area (Å²) in [5.41, 5.74) is 0.551. The maximum absolute atomic E-state index is 13.3. The van der Waals surface area contributed by atoms with Crippen LogP contribution in [-0.2, 0) is 30.2 Å². The van der Waals surface area contributed by atoms with Crippen LogP contribution >= 0.6 is 0 Å². The summed E-state index contributed by atoms with van der Waals surface area (Å²) in [5.74, 6) is -1.99. The molecule has 0 bridgehead atoms. The molecule has 1 spiro atoms. The van der Waals surface area contributed by atoms with Gasteiger partial charge < -0.3 is 32.8 Å². The first-order chi connectivity index (χ1) is 19.9. The third kappa shape index (κ3) is 5.28. The number of esters is 1. The quantitative estimate of drug-likeness (QED) is 0.263. The van der Waals surface area contributed by atoms with Crippen LogP contribution in [0, 0.1) is 5.92 Å². The molecule has 0 N–H and O–H groups in total. The van der Waals surface area contributed by atoms with Gasteiger partial charge in [0, 0.05) is 47.9 Å². The molecule has 1 unspecified atom stereocenters. The minimum Gasteiger partial charge on any atom is -0.496 e. The first-order valence-corrected chi connectivity index (χ1v) is 13.7. The maximum atomic E-state index is 13.3. The standard InChI is InChI=1S/C32H34O10/c1-17(2)27(35)30(38-18(3)33)26-23(37-7)12-9-20-14-15-32(41-29(20)26)40-24(31(4,5)42-32)16-21-22(36-6)11-8-19-10-13-25(34)39-28(19)21/h8-15,17,24,30H,16H2,1-7H3/t24-,30?,32-/m0/s1. The third-order valence-corrected chi connectivity index (χ3v) is 7.44. The van der Waals surface area contributed by atoms with Crippen molar-refractivity contribution in [2.75, 3.05) is 14.2 Å². The van der Waals surface area contributed by atoms with Gasteiger partial charge in [-0.1, -0.05) is 13.8 Å². The van der Waals surface area contributed by atoms with Crippen LogP contribution in [0.5, 0.6) is 17.2 Å². The van der Waals surface area contributed by atoms with Gasteiger partial charge in [0.1, 0.15) is 22.8 Å². The molecule has 222 valence electrons. The van der Waals surface area contributed by atoms with Crippen LogP contribution in [0.15, 0.2) is 51.7 Å². The molecule has 0 aliphatic carbocycles. The largest absolute Gasteiger partial charge is 0.496 e. The normalized spacial score (nSPS) is 21.2. The minimum absolute atomic E-state index is 0.238. The van der Waals surface area contributed by atoms with Crippen LogP contribution in [0.4, 0.5) is 0 Å². The first kappa shape index (κ1) is 29.3. The highest BCUT2D eigenvalue weighted by atomic mass is 16.9. The van der Waals surface area contributed by atoms with Gasteiger partial charge in [0.25, 0.3) is 0 Å². The molecule has 5 rings (SSSR count). The minimum atomic E-state index is -1.68. The summed E-state index contributed by atoms with van der Waals surface area (Å²) in [6.07, 6.45) is 1.81. The predicted molar refractivity (Wildman–Crippen MR) is 153 cm³/mol. The van der Waals surface area contributed by atoms with E-state index in [1.807, 2.05) is 26.0 Å². The van der Waals surface area contributed by atoms with E-state index in [1.54, 1.807) is 51.3 Å². The summed E-state index contributed by atoms with van der Waals surface area (Å²) in [6, 6.07) is 10.1. The average molecular weight is 579 g/mol. The van der Waals surface area contributed by atoms with Crippen LogP contribution in [0.25, 0.3) is 17.0 Å².